The highest BCUT2D eigenvalue weighted by atomic mass is 16.4. The largest absolute Gasteiger partial charge is 0.394 e. The first-order valence-electron chi connectivity index (χ1n) is 5.60. The molecule has 7 heteroatoms. The molecular formula is C10H24N2O5. The molecule has 0 fully saturated rings. The highest BCUT2D eigenvalue weighted by molar-refractivity contribution is 4.81. The second kappa shape index (κ2) is 7.93. The summed E-state index contributed by atoms with van der Waals surface area (Å²) >= 11 is 0. The summed E-state index contributed by atoms with van der Waals surface area (Å²) < 4.78 is 0. The number of nitrogens with zero attached hydrogens (tertiary/aromatic N) is 1. The Hall–Kier alpha value is -0.280. The molecule has 104 valence electrons. The van der Waals surface area contributed by atoms with Gasteiger partial charge in [-0.2, -0.15) is 0 Å². The molecule has 7 nitrogen and oxygen atoms in total. The molecule has 0 amide bonds. The number of aliphatic hydroxyl groups excluding tert-OH is 5. The average Bonchev–Trinajstić information content (AvgIpc) is 2.24. The quantitative estimate of drug-likeness (QED) is 0.260. The maximum atomic E-state index is 9.63. The van der Waals surface area contributed by atoms with Gasteiger partial charge < -0.3 is 25.5 Å². The van der Waals surface area contributed by atoms with Crippen molar-refractivity contribution in [3.05, 3.63) is 0 Å². The van der Waals surface area contributed by atoms with Crippen molar-refractivity contribution in [2.75, 3.05) is 20.2 Å². The van der Waals surface area contributed by atoms with Crippen molar-refractivity contribution < 1.29 is 25.5 Å². The predicted octanol–water partition coefficient (Wildman–Crippen LogP) is -2.73. The van der Waals surface area contributed by atoms with Crippen LogP contribution in [0.5, 0.6) is 0 Å². The van der Waals surface area contributed by atoms with Gasteiger partial charge in [-0.1, -0.05) is 0 Å². The third kappa shape index (κ3) is 6.27. The van der Waals surface area contributed by atoms with E-state index in [9.17, 15) is 15.3 Å². The van der Waals surface area contributed by atoms with Crippen molar-refractivity contribution >= 4 is 0 Å². The minimum absolute atomic E-state index is 0.0779. The van der Waals surface area contributed by atoms with E-state index in [-0.39, 0.29) is 12.6 Å². The molecule has 0 aliphatic rings. The SMILES string of the molecule is CC(C)NN(C)C[C@H](O)[C@@H](O)[C@H](O)[C@H](O)CO. The Morgan fingerprint density at radius 3 is 1.88 bits per heavy atom. The van der Waals surface area contributed by atoms with Crippen LogP contribution in [0.1, 0.15) is 13.8 Å². The molecule has 0 aromatic carbocycles. The molecule has 17 heavy (non-hydrogen) atoms. The maximum absolute atomic E-state index is 9.63. The number of aliphatic hydroxyl groups is 5. The molecule has 0 aliphatic carbocycles. The Labute approximate surface area is 101 Å². The number of rotatable bonds is 8. The van der Waals surface area contributed by atoms with Gasteiger partial charge in [0, 0.05) is 19.6 Å². The molecule has 0 heterocycles. The average molecular weight is 252 g/mol. The first-order chi connectivity index (χ1) is 7.79. The minimum Gasteiger partial charge on any atom is -0.394 e. The Bertz CT molecular complexity index is 205. The van der Waals surface area contributed by atoms with E-state index in [2.05, 4.69) is 5.43 Å². The van der Waals surface area contributed by atoms with Gasteiger partial charge in [0.05, 0.1) is 12.7 Å². The van der Waals surface area contributed by atoms with Gasteiger partial charge in [-0.05, 0) is 13.8 Å². The van der Waals surface area contributed by atoms with Gasteiger partial charge in [-0.25, -0.2) is 5.01 Å². The van der Waals surface area contributed by atoms with E-state index >= 15 is 0 Å². The fraction of sp³-hybridized carbons (Fsp3) is 1.00. The molecule has 4 atom stereocenters. The zero-order chi connectivity index (χ0) is 13.6. The van der Waals surface area contributed by atoms with Crippen molar-refractivity contribution in [3.63, 3.8) is 0 Å². The molecule has 0 unspecified atom stereocenters. The predicted molar refractivity (Wildman–Crippen MR) is 62.0 cm³/mol. The highest BCUT2D eigenvalue weighted by Crippen LogP contribution is 2.05. The molecule has 6 N–H and O–H groups in total. The molecular weight excluding hydrogens is 228 g/mol. The van der Waals surface area contributed by atoms with Crippen LogP contribution < -0.4 is 5.43 Å². The zero-order valence-corrected chi connectivity index (χ0v) is 10.5. The Morgan fingerprint density at radius 1 is 1.00 bits per heavy atom. The molecule has 0 aromatic rings. The fourth-order valence-corrected chi connectivity index (χ4v) is 1.45. The molecule has 0 spiro atoms. The Kier molecular flexibility index (Phi) is 7.80. The first kappa shape index (κ1) is 16.7. The van der Waals surface area contributed by atoms with E-state index in [0.29, 0.717) is 0 Å². The van der Waals surface area contributed by atoms with Crippen molar-refractivity contribution in [2.45, 2.75) is 44.3 Å². The third-order valence-electron chi connectivity index (χ3n) is 2.26. The topological polar surface area (TPSA) is 116 Å². The van der Waals surface area contributed by atoms with Crippen LogP contribution in [-0.4, -0.2) is 81.2 Å². The third-order valence-corrected chi connectivity index (χ3v) is 2.26. The zero-order valence-electron chi connectivity index (χ0n) is 10.5. The molecule has 0 radical (unpaired) electrons. The summed E-state index contributed by atoms with van der Waals surface area (Å²) in [5.41, 5.74) is 2.98. The van der Waals surface area contributed by atoms with Gasteiger partial charge in [-0.3, -0.25) is 5.43 Å². The van der Waals surface area contributed by atoms with E-state index in [1.165, 1.54) is 0 Å². The van der Waals surface area contributed by atoms with Crippen LogP contribution in [0.3, 0.4) is 0 Å². The van der Waals surface area contributed by atoms with Crippen LogP contribution in [0.15, 0.2) is 0 Å². The highest BCUT2D eigenvalue weighted by Gasteiger charge is 2.30. The summed E-state index contributed by atoms with van der Waals surface area (Å²) in [5, 5.41) is 47.9. The van der Waals surface area contributed by atoms with Crippen molar-refractivity contribution in [1.82, 2.24) is 10.4 Å². The lowest BCUT2D eigenvalue weighted by molar-refractivity contribution is -0.120. The maximum Gasteiger partial charge on any atom is 0.111 e. The molecule has 0 saturated heterocycles. The lowest BCUT2D eigenvalue weighted by Gasteiger charge is -2.29. The van der Waals surface area contributed by atoms with Crippen molar-refractivity contribution in [3.8, 4) is 0 Å². The van der Waals surface area contributed by atoms with E-state index in [0.717, 1.165) is 0 Å². The molecule has 0 aliphatic heterocycles. The summed E-state index contributed by atoms with van der Waals surface area (Å²) in [5.74, 6) is 0. The van der Waals surface area contributed by atoms with E-state index in [1.807, 2.05) is 13.8 Å². The van der Waals surface area contributed by atoms with Gasteiger partial charge in [0.1, 0.15) is 18.3 Å². The van der Waals surface area contributed by atoms with Gasteiger partial charge in [-0.15, -0.1) is 0 Å². The van der Waals surface area contributed by atoms with E-state index in [1.54, 1.807) is 12.1 Å². The monoisotopic (exact) mass is 252 g/mol. The molecule has 0 saturated carbocycles. The fourth-order valence-electron chi connectivity index (χ4n) is 1.45. The van der Waals surface area contributed by atoms with Gasteiger partial charge in [0.25, 0.3) is 0 Å². The van der Waals surface area contributed by atoms with Crippen LogP contribution in [0.25, 0.3) is 0 Å². The van der Waals surface area contributed by atoms with Crippen LogP contribution >= 0.6 is 0 Å². The van der Waals surface area contributed by atoms with Crippen LogP contribution in [-0.2, 0) is 0 Å². The number of nitrogens with one attached hydrogen (secondary N) is 1. The number of hydrogen-bond donors (Lipinski definition) is 6. The molecule has 0 bridgehead atoms. The van der Waals surface area contributed by atoms with E-state index in [4.69, 9.17) is 10.2 Å². The Morgan fingerprint density at radius 2 is 1.47 bits per heavy atom. The standard InChI is InChI=1S/C10H24N2O5/c1-6(2)11-12(3)4-7(14)9(16)10(17)8(15)5-13/h6-11,13-17H,4-5H2,1-3H3/t7-,8+,9+,10+/m0/s1. The summed E-state index contributed by atoms with van der Waals surface area (Å²) in [6.07, 6.45) is -5.80. The lowest BCUT2D eigenvalue weighted by Crippen LogP contribution is -2.52. The smallest absolute Gasteiger partial charge is 0.111 e. The second-order valence-corrected chi connectivity index (χ2v) is 4.46. The first-order valence-corrected chi connectivity index (χ1v) is 5.60. The van der Waals surface area contributed by atoms with Crippen LogP contribution in [0, 0.1) is 0 Å². The summed E-state index contributed by atoms with van der Waals surface area (Å²) in [6, 6.07) is 0.178. The van der Waals surface area contributed by atoms with Crippen molar-refractivity contribution in [1.29, 1.82) is 0 Å². The van der Waals surface area contributed by atoms with Gasteiger partial charge >= 0.3 is 0 Å². The summed E-state index contributed by atoms with van der Waals surface area (Å²) in [7, 11) is 1.69. The minimum atomic E-state index is -1.58. The van der Waals surface area contributed by atoms with Crippen LogP contribution in [0.4, 0.5) is 0 Å². The van der Waals surface area contributed by atoms with E-state index < -0.39 is 31.0 Å². The summed E-state index contributed by atoms with van der Waals surface area (Å²) in [6.45, 7) is 3.24. The number of likely N-dealkylation sites (N-methyl/N-ethyl adjacent to an activating group) is 1. The number of hydrogen-bond acceptors (Lipinski definition) is 7. The van der Waals surface area contributed by atoms with Crippen molar-refractivity contribution in [2.24, 2.45) is 0 Å². The number of hydrazine groups is 1. The lowest BCUT2D eigenvalue weighted by atomic mass is 10.0. The van der Waals surface area contributed by atoms with Gasteiger partial charge in [0.15, 0.2) is 0 Å². The van der Waals surface area contributed by atoms with Gasteiger partial charge in [0.2, 0.25) is 0 Å². The summed E-state index contributed by atoms with van der Waals surface area (Å²) in [4.78, 5) is 0. The Balaban J connectivity index is 4.16. The molecule has 0 rings (SSSR count). The van der Waals surface area contributed by atoms with Crippen LogP contribution in [0.2, 0.25) is 0 Å². The normalized spacial score (nSPS) is 19.4. The second-order valence-electron chi connectivity index (χ2n) is 4.46. The molecule has 0 aromatic heterocycles.